The zero-order chi connectivity index (χ0) is 81.0. The summed E-state index contributed by atoms with van der Waals surface area (Å²) < 4.78 is 121. The van der Waals surface area contributed by atoms with Crippen molar-refractivity contribution in [3.05, 3.63) is 12.2 Å². The molecule has 620 valence electrons. The number of hydrogen-bond donors (Lipinski definition) is 3. The summed E-state index contributed by atoms with van der Waals surface area (Å²) in [5, 5.41) is 8.45. The van der Waals surface area contributed by atoms with Gasteiger partial charge in [-0.1, -0.05) is 58.6 Å². The molecule has 4 aliphatic heterocycles. The van der Waals surface area contributed by atoms with Crippen molar-refractivity contribution in [2.45, 2.75) is 279 Å². The molecule has 1 spiro atoms. The number of alkyl halides is 8. The molecule has 2 unspecified atom stereocenters. The minimum atomic E-state index is -5.22. The quantitative estimate of drug-likeness (QED) is 0.124. The fraction of sp³-hybridized carbons (Fsp3) is 0.818. The van der Waals surface area contributed by atoms with Crippen molar-refractivity contribution in [1.82, 2.24) is 60.0 Å². The highest BCUT2D eigenvalue weighted by Gasteiger charge is 2.56. The van der Waals surface area contributed by atoms with Crippen LogP contribution in [0.4, 0.5) is 35.1 Å². The molecule has 3 N–H and O–H groups in total. The number of piperidine rings is 1. The van der Waals surface area contributed by atoms with Gasteiger partial charge in [0.1, 0.15) is 72.1 Å². The summed E-state index contributed by atoms with van der Waals surface area (Å²) in [6, 6.07) is -11.3. The van der Waals surface area contributed by atoms with Crippen LogP contribution in [0.15, 0.2) is 12.2 Å². The molecule has 7 fully saturated rings. The first-order valence-electron chi connectivity index (χ1n) is 39.9. The molecule has 8 aliphatic rings. The van der Waals surface area contributed by atoms with Crippen molar-refractivity contribution in [3.8, 4) is 0 Å². The summed E-state index contributed by atoms with van der Waals surface area (Å²) in [6.07, 6.45) is -10.5. The molecule has 25 nitrogen and oxygen atoms in total. The number of hydrogen-bond acceptors (Lipinski definition) is 13. The molecule has 4 heterocycles. The van der Waals surface area contributed by atoms with Gasteiger partial charge in [0.15, 0.2) is 0 Å². The summed E-state index contributed by atoms with van der Waals surface area (Å²) in [7, 11) is 8.11. The molecule has 0 aromatic carbocycles. The lowest BCUT2D eigenvalue weighted by Crippen LogP contribution is -2.68. The first kappa shape index (κ1) is 88.3. The zero-order valence-corrected chi connectivity index (χ0v) is 65.7. The van der Waals surface area contributed by atoms with Gasteiger partial charge in [-0.25, -0.2) is 8.78 Å². The lowest BCUT2D eigenvalue weighted by molar-refractivity contribution is -0.219. The van der Waals surface area contributed by atoms with E-state index in [1.807, 2.05) is 0 Å². The Balaban J connectivity index is 1.20. The highest BCUT2D eigenvalue weighted by atomic mass is 19.4. The maximum Gasteiger partial charge on any atom is 0.397 e. The van der Waals surface area contributed by atoms with Gasteiger partial charge in [0, 0.05) is 81.5 Å². The van der Waals surface area contributed by atoms with Crippen molar-refractivity contribution in [1.29, 1.82) is 0 Å². The van der Waals surface area contributed by atoms with Gasteiger partial charge in [-0.05, 0) is 159 Å². The van der Waals surface area contributed by atoms with Gasteiger partial charge in [0.2, 0.25) is 70.9 Å². The van der Waals surface area contributed by atoms with Crippen LogP contribution in [0.3, 0.4) is 0 Å². The molecule has 0 radical (unpaired) electrons. The predicted octanol–water partition coefficient (Wildman–Crippen LogP) is 7.03. The first-order valence-corrected chi connectivity index (χ1v) is 39.9. The standard InChI is InChI=1S/C77H118F8N12O13/c1-11-23-55-66(101)87-64(46(4)12-2)72(107)90(6)45-62(100)92(8)56-26-16-14-21-37-96(71(56)106)59(40-47-27-30-50(31-28-47)76(80,81)82)69(104)89(5)44-60(98)86-54(32-29-48-38-52(78)63(53(79)39-48)77(83,84)85)68(103)97-43-51(110-13-3)41-57(97)67(102)88-75(33-22-34-75)74(109)94(10)65(49-24-17-18-25-49)73(108)93(9)58(42-61(99)91(55)7)70(105)95-35-19-15-20-36-95/h14,16,46-59,63-65H,11-13,15,17-45H2,1-10H3,(H,86,98)(H,87,101)(H,88,102)/b16-14-/t46-,47?,48?,50?,51+,52?,53?,54-,55-,56-,57-,58-,59-,63?,64-,65-/m0/s1. The SMILES string of the molecule is CCC[C@H]1C(=O)N[C@@H]([C@@H](C)CC)C(=O)N(C)CC(=O)N(C)[C@H]2C/C=C\CCN(C2=O)[C@@H](CC2CCC(C(F)(F)F)CC2)C(=O)N(C)CC(=O)N[C@@H](CCC2CC(F)C(C(F)(F)F)C(F)C2)C(=O)N2C[C@H](OCC)C[C@H]2C(=O)NC2(CCC2)C(=O)N(C)[C@@H](C2CCCC2)C(=O)N(C)[C@H](C(=O)N2CCCCC2)CC(=O)N1C. The van der Waals surface area contributed by atoms with E-state index in [1.165, 1.54) is 61.9 Å². The van der Waals surface area contributed by atoms with Gasteiger partial charge in [0.05, 0.1) is 31.5 Å². The normalized spacial score (nSPS) is 32.4. The van der Waals surface area contributed by atoms with Crippen LogP contribution in [-0.4, -0.2) is 288 Å². The maximum atomic E-state index is 15.7. The van der Waals surface area contributed by atoms with E-state index < -0.39 is 230 Å². The predicted molar refractivity (Wildman–Crippen MR) is 388 cm³/mol. The van der Waals surface area contributed by atoms with Crippen molar-refractivity contribution in [2.75, 3.05) is 88.2 Å². The Bertz CT molecular complexity index is 3280. The van der Waals surface area contributed by atoms with E-state index in [4.69, 9.17) is 4.74 Å². The van der Waals surface area contributed by atoms with Gasteiger partial charge in [0.25, 0.3) is 0 Å². The smallest absolute Gasteiger partial charge is 0.377 e. The maximum absolute atomic E-state index is 15.7. The average molecular weight is 1570 g/mol. The number of likely N-dealkylation sites (N-methyl/N-ethyl adjacent to an activating group) is 6. The van der Waals surface area contributed by atoms with Crippen LogP contribution < -0.4 is 16.0 Å². The number of halogens is 8. The van der Waals surface area contributed by atoms with Gasteiger partial charge in [-0.3, -0.25) is 57.5 Å². The van der Waals surface area contributed by atoms with Crippen LogP contribution in [0.2, 0.25) is 0 Å². The third-order valence-corrected chi connectivity index (χ3v) is 25.0. The topological polar surface area (TPSA) is 279 Å². The van der Waals surface area contributed by atoms with E-state index in [2.05, 4.69) is 16.0 Å². The van der Waals surface area contributed by atoms with Crippen molar-refractivity contribution >= 4 is 70.9 Å². The lowest BCUT2D eigenvalue weighted by Gasteiger charge is -2.47. The van der Waals surface area contributed by atoms with Crippen molar-refractivity contribution < 1.29 is 97.4 Å². The Morgan fingerprint density at radius 2 is 1.24 bits per heavy atom. The van der Waals surface area contributed by atoms with Crippen LogP contribution in [-0.2, 0) is 62.3 Å². The summed E-state index contributed by atoms with van der Waals surface area (Å²) in [4.78, 5) is 193. The molecule has 4 saturated carbocycles. The molecule has 2 bridgehead atoms. The van der Waals surface area contributed by atoms with E-state index in [0.717, 1.165) is 26.0 Å². The number of fused-ring (bicyclic) bond motifs is 3. The fourth-order valence-electron chi connectivity index (χ4n) is 17.9. The first-order chi connectivity index (χ1) is 51.9. The second-order valence-corrected chi connectivity index (χ2v) is 32.5. The van der Waals surface area contributed by atoms with Gasteiger partial charge in [-0.15, -0.1) is 0 Å². The number of carbonyl (C=O) groups excluding carboxylic acids is 12. The Morgan fingerprint density at radius 3 is 1.82 bits per heavy atom. The molecule has 33 heteroatoms. The molecule has 12 atom stereocenters. The van der Waals surface area contributed by atoms with E-state index in [-0.39, 0.29) is 96.7 Å². The highest BCUT2D eigenvalue weighted by molar-refractivity contribution is 6.01. The van der Waals surface area contributed by atoms with Crippen molar-refractivity contribution in [2.24, 2.45) is 35.5 Å². The Kier molecular flexibility index (Phi) is 31.0. The molecular weight excluding hydrogens is 1450 g/mol. The Hall–Kier alpha value is -7.22. The number of amides is 12. The van der Waals surface area contributed by atoms with Gasteiger partial charge < -0.3 is 64.8 Å². The fourth-order valence-corrected chi connectivity index (χ4v) is 17.9. The largest absolute Gasteiger partial charge is 0.397 e. The summed E-state index contributed by atoms with van der Waals surface area (Å²) in [5.41, 5.74) is -1.68. The highest BCUT2D eigenvalue weighted by Crippen LogP contribution is 2.46. The summed E-state index contributed by atoms with van der Waals surface area (Å²) in [5.74, 6) is -16.5. The third-order valence-electron chi connectivity index (χ3n) is 25.0. The second kappa shape index (κ2) is 38.5. The van der Waals surface area contributed by atoms with Crippen LogP contribution in [0.5, 0.6) is 0 Å². The number of likely N-dealkylation sites (tertiary alicyclic amines) is 1. The van der Waals surface area contributed by atoms with Crippen LogP contribution in [0, 0.1) is 35.5 Å². The van der Waals surface area contributed by atoms with Gasteiger partial charge in [-0.2, -0.15) is 26.3 Å². The van der Waals surface area contributed by atoms with Crippen LogP contribution in [0.25, 0.3) is 0 Å². The minimum absolute atomic E-state index is 0.00231. The third kappa shape index (κ3) is 21.2. The molecule has 0 aromatic rings. The summed E-state index contributed by atoms with van der Waals surface area (Å²) in [6.45, 7) is 5.74. The van der Waals surface area contributed by atoms with E-state index in [0.29, 0.717) is 70.9 Å². The number of rotatable bonds is 13. The Labute approximate surface area is 641 Å². The molecule has 3 saturated heterocycles. The molecule has 8 rings (SSSR count). The van der Waals surface area contributed by atoms with Crippen LogP contribution >= 0.6 is 0 Å². The zero-order valence-electron chi connectivity index (χ0n) is 65.7. The van der Waals surface area contributed by atoms with Gasteiger partial charge >= 0.3 is 12.4 Å². The second-order valence-electron chi connectivity index (χ2n) is 32.5. The molecular formula is C77H118F8N12O13. The number of nitrogens with one attached hydrogen (secondary N) is 3. The number of nitrogens with zero attached hydrogens (tertiary/aromatic N) is 9. The average Bonchev–Trinajstić information content (AvgIpc) is 1.16. The number of carbonyl (C=O) groups is 12. The number of ether oxygens (including phenoxy) is 1. The van der Waals surface area contributed by atoms with Crippen molar-refractivity contribution in [3.63, 3.8) is 0 Å². The minimum Gasteiger partial charge on any atom is -0.377 e. The molecule has 110 heavy (non-hydrogen) atoms. The van der Waals surface area contributed by atoms with E-state index in [1.54, 1.807) is 44.7 Å². The molecule has 12 amide bonds. The van der Waals surface area contributed by atoms with E-state index >= 15 is 47.1 Å². The lowest BCUT2D eigenvalue weighted by atomic mass is 9.74. The summed E-state index contributed by atoms with van der Waals surface area (Å²) >= 11 is 0. The monoisotopic (exact) mass is 1570 g/mol. The van der Waals surface area contributed by atoms with E-state index in [9.17, 15) is 45.5 Å². The molecule has 0 aromatic heterocycles. The Morgan fingerprint density at radius 1 is 0.600 bits per heavy atom. The van der Waals surface area contributed by atoms with Crippen LogP contribution in [0.1, 0.15) is 195 Å². The molecule has 4 aliphatic carbocycles.